The molecule has 1 heterocycles. The molecule has 1 aromatic heterocycles. The van der Waals surface area contributed by atoms with Crippen molar-refractivity contribution in [2.45, 2.75) is 58.0 Å². The number of hydrogen-bond donors (Lipinski definition) is 3. The molecule has 1 unspecified atom stereocenters. The molecule has 1 aromatic carbocycles. The number of amides is 1. The van der Waals surface area contributed by atoms with E-state index in [9.17, 15) is 14.3 Å². The third-order valence-electron chi connectivity index (χ3n) is 5.55. The van der Waals surface area contributed by atoms with Gasteiger partial charge >= 0.3 is 0 Å². The van der Waals surface area contributed by atoms with E-state index in [-0.39, 0.29) is 11.7 Å². The first-order valence-electron chi connectivity index (χ1n) is 9.06. The maximum absolute atomic E-state index is 14.1. The number of primary amides is 1. The molecular weight excluding hydrogens is 333 g/mol. The Morgan fingerprint density at radius 3 is 2.69 bits per heavy atom. The summed E-state index contributed by atoms with van der Waals surface area (Å²) in [5, 5.41) is 10.6. The zero-order chi connectivity index (χ0) is 19.1. The van der Waals surface area contributed by atoms with Crippen LogP contribution in [0.1, 0.15) is 58.1 Å². The Morgan fingerprint density at radius 1 is 1.42 bits per heavy atom. The molecule has 1 atom stereocenters. The molecule has 1 amide bonds. The highest BCUT2D eigenvalue weighted by Gasteiger charge is 2.32. The number of benzene rings is 1. The number of nitrogens with zero attached hydrogens (tertiary/aromatic N) is 1. The molecule has 0 aliphatic heterocycles. The van der Waals surface area contributed by atoms with Crippen LogP contribution in [0.4, 0.5) is 10.1 Å². The van der Waals surface area contributed by atoms with Gasteiger partial charge in [0.2, 0.25) is 5.91 Å². The molecule has 5 nitrogen and oxygen atoms in total. The van der Waals surface area contributed by atoms with Gasteiger partial charge in [-0.3, -0.25) is 9.79 Å². The van der Waals surface area contributed by atoms with Crippen molar-refractivity contribution in [1.82, 2.24) is 4.98 Å². The van der Waals surface area contributed by atoms with E-state index >= 15 is 0 Å². The third kappa shape index (κ3) is 3.59. The number of rotatable bonds is 4. The fourth-order valence-electron chi connectivity index (χ4n) is 3.67. The largest absolute Gasteiger partial charge is 0.508 e. The molecule has 3 rings (SSSR count). The SMILES string of the molecule is CC(=Nc1c(C(C)C(N)=O)[nH]c2ccc(O)cc12)C1CCC(C)(F)CC1. The second-order valence-corrected chi connectivity index (χ2v) is 7.68. The zero-order valence-electron chi connectivity index (χ0n) is 15.5. The minimum Gasteiger partial charge on any atom is -0.508 e. The number of phenols is 1. The summed E-state index contributed by atoms with van der Waals surface area (Å²) in [6, 6.07) is 4.97. The minimum absolute atomic E-state index is 0.134. The number of aromatic amines is 1. The smallest absolute Gasteiger partial charge is 0.226 e. The van der Waals surface area contributed by atoms with Gasteiger partial charge in [0, 0.05) is 16.6 Å². The number of aromatic hydroxyl groups is 1. The standard InChI is InChI=1S/C20H26FN3O2/c1-11(19(22)26)17-18(15-10-14(25)4-5-16(15)24-17)23-12(2)13-6-8-20(3,21)9-7-13/h4-5,10-11,13,24-25H,6-9H2,1-3H3,(H2,22,26). The van der Waals surface area contributed by atoms with Gasteiger partial charge < -0.3 is 15.8 Å². The highest BCUT2D eigenvalue weighted by molar-refractivity contribution is 6.00. The number of nitrogens with one attached hydrogen (secondary N) is 1. The first kappa shape index (κ1) is 18.4. The normalized spacial score (nSPS) is 25.4. The molecule has 2 aromatic rings. The summed E-state index contributed by atoms with van der Waals surface area (Å²) < 4.78 is 14.1. The molecule has 1 aliphatic carbocycles. The predicted molar refractivity (Wildman–Crippen MR) is 102 cm³/mol. The number of alkyl halides is 1. The quantitative estimate of drug-likeness (QED) is 0.703. The van der Waals surface area contributed by atoms with Crippen LogP contribution in [-0.4, -0.2) is 27.4 Å². The molecule has 0 radical (unpaired) electrons. The van der Waals surface area contributed by atoms with Crippen molar-refractivity contribution >= 4 is 28.2 Å². The monoisotopic (exact) mass is 359 g/mol. The number of halogens is 1. The molecule has 1 aliphatic rings. The van der Waals surface area contributed by atoms with Crippen LogP contribution in [0.3, 0.4) is 0 Å². The van der Waals surface area contributed by atoms with Crippen LogP contribution in [0.5, 0.6) is 5.75 Å². The molecule has 1 saturated carbocycles. The first-order chi connectivity index (χ1) is 12.2. The molecule has 4 N–H and O–H groups in total. The van der Waals surface area contributed by atoms with E-state index in [1.54, 1.807) is 32.0 Å². The number of aromatic nitrogens is 1. The van der Waals surface area contributed by atoms with Crippen molar-refractivity contribution in [3.05, 3.63) is 23.9 Å². The average Bonchev–Trinajstić information content (AvgIpc) is 2.91. The Morgan fingerprint density at radius 2 is 2.08 bits per heavy atom. The fraction of sp³-hybridized carbons (Fsp3) is 0.500. The predicted octanol–water partition coefficient (Wildman–Crippen LogP) is 4.47. The summed E-state index contributed by atoms with van der Waals surface area (Å²) in [6.07, 6.45) is 2.58. The second kappa shape index (κ2) is 6.74. The Balaban J connectivity index is 2.03. The Bertz CT molecular complexity index is 859. The van der Waals surface area contributed by atoms with E-state index in [0.29, 0.717) is 24.2 Å². The van der Waals surface area contributed by atoms with Crippen molar-refractivity contribution in [3.63, 3.8) is 0 Å². The Hall–Kier alpha value is -2.37. The van der Waals surface area contributed by atoms with Crippen molar-refractivity contribution in [1.29, 1.82) is 0 Å². The number of nitrogens with two attached hydrogens (primary N) is 1. The van der Waals surface area contributed by atoms with E-state index in [1.807, 2.05) is 6.92 Å². The van der Waals surface area contributed by atoms with Gasteiger partial charge in [0.05, 0.1) is 17.3 Å². The van der Waals surface area contributed by atoms with Crippen molar-refractivity contribution in [2.75, 3.05) is 0 Å². The number of phenolic OH excluding ortho intramolecular Hbond substituents is 1. The number of carbonyl (C=O) groups excluding carboxylic acids is 1. The maximum atomic E-state index is 14.1. The zero-order valence-corrected chi connectivity index (χ0v) is 15.5. The van der Waals surface area contributed by atoms with Gasteiger partial charge in [-0.2, -0.15) is 0 Å². The summed E-state index contributed by atoms with van der Waals surface area (Å²) in [5.41, 5.74) is 7.39. The number of aliphatic imine (C=N–C) groups is 1. The highest BCUT2D eigenvalue weighted by atomic mass is 19.1. The van der Waals surface area contributed by atoms with Gasteiger partial charge in [-0.15, -0.1) is 0 Å². The third-order valence-corrected chi connectivity index (χ3v) is 5.55. The van der Waals surface area contributed by atoms with Crippen LogP contribution >= 0.6 is 0 Å². The molecule has 1 fully saturated rings. The van der Waals surface area contributed by atoms with Gasteiger partial charge in [-0.1, -0.05) is 0 Å². The van der Waals surface area contributed by atoms with Crippen LogP contribution in [-0.2, 0) is 4.79 Å². The fourth-order valence-corrected chi connectivity index (χ4v) is 3.67. The molecule has 6 heteroatoms. The Labute approximate surface area is 152 Å². The first-order valence-corrected chi connectivity index (χ1v) is 9.06. The van der Waals surface area contributed by atoms with Crippen LogP contribution in [0.15, 0.2) is 23.2 Å². The summed E-state index contributed by atoms with van der Waals surface area (Å²) in [7, 11) is 0. The lowest BCUT2D eigenvalue weighted by atomic mass is 9.79. The van der Waals surface area contributed by atoms with E-state index in [0.717, 1.165) is 29.5 Å². The van der Waals surface area contributed by atoms with E-state index in [1.165, 1.54) is 0 Å². The van der Waals surface area contributed by atoms with E-state index in [2.05, 4.69) is 4.98 Å². The lowest BCUT2D eigenvalue weighted by Gasteiger charge is -2.31. The van der Waals surface area contributed by atoms with Crippen molar-refractivity contribution in [2.24, 2.45) is 16.6 Å². The van der Waals surface area contributed by atoms with Gasteiger partial charge in [-0.25, -0.2) is 4.39 Å². The highest BCUT2D eigenvalue weighted by Crippen LogP contribution is 2.39. The number of H-pyrrole nitrogens is 1. The Kier molecular flexibility index (Phi) is 4.78. The molecule has 26 heavy (non-hydrogen) atoms. The van der Waals surface area contributed by atoms with Crippen molar-refractivity contribution < 1.29 is 14.3 Å². The minimum atomic E-state index is -1.09. The number of hydrogen-bond acceptors (Lipinski definition) is 3. The van der Waals surface area contributed by atoms with Gasteiger partial charge in [0.25, 0.3) is 0 Å². The molecule has 140 valence electrons. The average molecular weight is 359 g/mol. The van der Waals surface area contributed by atoms with Crippen LogP contribution in [0.25, 0.3) is 10.9 Å². The van der Waals surface area contributed by atoms with Gasteiger partial charge in [0.15, 0.2) is 0 Å². The molecule has 0 bridgehead atoms. The van der Waals surface area contributed by atoms with Crippen LogP contribution in [0.2, 0.25) is 0 Å². The number of carbonyl (C=O) groups is 1. The maximum Gasteiger partial charge on any atom is 0.226 e. The van der Waals surface area contributed by atoms with E-state index in [4.69, 9.17) is 10.7 Å². The van der Waals surface area contributed by atoms with Crippen LogP contribution in [0, 0.1) is 5.92 Å². The molecule has 0 spiro atoms. The molecular formula is C20H26FN3O2. The number of fused-ring (bicyclic) bond motifs is 1. The second-order valence-electron chi connectivity index (χ2n) is 7.68. The van der Waals surface area contributed by atoms with Gasteiger partial charge in [0.1, 0.15) is 11.4 Å². The topological polar surface area (TPSA) is 91.5 Å². The van der Waals surface area contributed by atoms with Crippen molar-refractivity contribution in [3.8, 4) is 5.75 Å². The lowest BCUT2D eigenvalue weighted by Crippen LogP contribution is -2.28. The van der Waals surface area contributed by atoms with Crippen LogP contribution < -0.4 is 5.73 Å². The van der Waals surface area contributed by atoms with E-state index < -0.39 is 17.5 Å². The van der Waals surface area contributed by atoms with Gasteiger partial charge in [-0.05, 0) is 70.6 Å². The molecule has 0 saturated heterocycles. The summed E-state index contributed by atoms with van der Waals surface area (Å²) in [4.78, 5) is 19.7. The summed E-state index contributed by atoms with van der Waals surface area (Å²) >= 11 is 0. The lowest BCUT2D eigenvalue weighted by molar-refractivity contribution is -0.119. The summed E-state index contributed by atoms with van der Waals surface area (Å²) in [5.74, 6) is -0.620. The summed E-state index contributed by atoms with van der Waals surface area (Å²) in [6.45, 7) is 5.34.